The predicted molar refractivity (Wildman–Crippen MR) is 79.9 cm³/mol. The van der Waals surface area contributed by atoms with Crippen molar-refractivity contribution in [2.75, 3.05) is 11.4 Å². The summed E-state index contributed by atoms with van der Waals surface area (Å²) in [5, 5.41) is 20.1. The third-order valence-electron chi connectivity index (χ3n) is 3.99. The van der Waals surface area contributed by atoms with Gasteiger partial charge in [-0.1, -0.05) is 13.3 Å². The van der Waals surface area contributed by atoms with Gasteiger partial charge in [-0.05, 0) is 37.8 Å². The van der Waals surface area contributed by atoms with Crippen LogP contribution in [0.4, 0.5) is 11.4 Å². The van der Waals surface area contributed by atoms with E-state index in [2.05, 4.69) is 11.8 Å². The van der Waals surface area contributed by atoms with Crippen molar-refractivity contribution in [2.24, 2.45) is 0 Å². The van der Waals surface area contributed by atoms with Gasteiger partial charge in [0.05, 0.1) is 4.92 Å². The number of piperidine rings is 1. The quantitative estimate of drug-likeness (QED) is 0.663. The molecule has 1 N–H and O–H groups in total. The first-order chi connectivity index (χ1) is 10.0. The highest BCUT2D eigenvalue weighted by molar-refractivity contribution is 5.93. The van der Waals surface area contributed by atoms with E-state index in [4.69, 9.17) is 5.11 Å². The van der Waals surface area contributed by atoms with Gasteiger partial charge in [-0.3, -0.25) is 10.1 Å². The van der Waals surface area contributed by atoms with Crippen LogP contribution in [0.1, 0.15) is 49.4 Å². The lowest BCUT2D eigenvalue weighted by Gasteiger charge is -2.37. The number of aromatic carboxylic acids is 1. The fourth-order valence-electron chi connectivity index (χ4n) is 3.00. The molecule has 0 amide bonds. The molecule has 6 nitrogen and oxygen atoms in total. The molecular formula is C15H20N2O4. The van der Waals surface area contributed by atoms with Gasteiger partial charge in [0.2, 0.25) is 0 Å². The van der Waals surface area contributed by atoms with Gasteiger partial charge in [0.15, 0.2) is 0 Å². The fourth-order valence-corrected chi connectivity index (χ4v) is 3.00. The standard InChI is InChI=1S/C15H20N2O4/c1-2-5-11-6-3-4-9-16(11)12-7-8-13(15(18)19)14(10-12)17(20)21/h7-8,10-11H,2-6,9H2,1H3,(H,18,19). The van der Waals surface area contributed by atoms with Gasteiger partial charge in [-0.25, -0.2) is 4.79 Å². The Morgan fingerprint density at radius 3 is 2.86 bits per heavy atom. The molecule has 0 bridgehead atoms. The Balaban J connectivity index is 2.36. The Labute approximate surface area is 123 Å². The second-order valence-electron chi connectivity index (χ2n) is 5.40. The van der Waals surface area contributed by atoms with Gasteiger partial charge in [0.25, 0.3) is 5.69 Å². The molecule has 0 aliphatic carbocycles. The zero-order chi connectivity index (χ0) is 15.4. The fraction of sp³-hybridized carbons (Fsp3) is 0.533. The molecule has 1 aliphatic heterocycles. The van der Waals surface area contributed by atoms with Crippen molar-refractivity contribution >= 4 is 17.3 Å². The molecule has 1 atom stereocenters. The van der Waals surface area contributed by atoms with Gasteiger partial charge >= 0.3 is 5.97 Å². The van der Waals surface area contributed by atoms with Crippen molar-refractivity contribution in [1.29, 1.82) is 0 Å². The highest BCUT2D eigenvalue weighted by Gasteiger charge is 2.26. The molecule has 21 heavy (non-hydrogen) atoms. The number of hydrogen-bond acceptors (Lipinski definition) is 4. The molecule has 114 valence electrons. The van der Waals surface area contributed by atoms with Crippen LogP contribution in [0.3, 0.4) is 0 Å². The van der Waals surface area contributed by atoms with Crippen molar-refractivity contribution in [1.82, 2.24) is 0 Å². The van der Waals surface area contributed by atoms with Crippen LogP contribution in [-0.4, -0.2) is 28.6 Å². The molecule has 1 aromatic carbocycles. The molecule has 2 rings (SSSR count). The number of nitrogens with zero attached hydrogens (tertiary/aromatic N) is 2. The Kier molecular flexibility index (Phi) is 4.77. The maximum Gasteiger partial charge on any atom is 0.342 e. The van der Waals surface area contributed by atoms with Crippen molar-refractivity contribution in [3.8, 4) is 0 Å². The number of benzene rings is 1. The number of anilines is 1. The minimum atomic E-state index is -1.27. The summed E-state index contributed by atoms with van der Waals surface area (Å²) in [6.45, 7) is 3.00. The Morgan fingerprint density at radius 2 is 2.24 bits per heavy atom. The monoisotopic (exact) mass is 292 g/mol. The average molecular weight is 292 g/mol. The van der Waals surface area contributed by atoms with E-state index in [0.29, 0.717) is 6.04 Å². The van der Waals surface area contributed by atoms with Gasteiger partial charge < -0.3 is 10.0 Å². The van der Waals surface area contributed by atoms with Crippen LogP contribution in [0.25, 0.3) is 0 Å². The summed E-state index contributed by atoms with van der Waals surface area (Å²) < 4.78 is 0. The normalized spacial score (nSPS) is 18.5. The zero-order valence-electron chi connectivity index (χ0n) is 12.1. The summed E-state index contributed by atoms with van der Waals surface area (Å²) in [5.74, 6) is -1.27. The zero-order valence-corrected chi connectivity index (χ0v) is 12.1. The van der Waals surface area contributed by atoms with Crippen LogP contribution in [0.2, 0.25) is 0 Å². The summed E-state index contributed by atoms with van der Waals surface area (Å²) in [5.41, 5.74) is 0.165. The van der Waals surface area contributed by atoms with E-state index in [-0.39, 0.29) is 11.3 Å². The molecule has 0 saturated carbocycles. The van der Waals surface area contributed by atoms with Crippen LogP contribution in [-0.2, 0) is 0 Å². The lowest BCUT2D eigenvalue weighted by molar-refractivity contribution is -0.385. The number of carboxylic acids is 1. The van der Waals surface area contributed by atoms with Crippen molar-refractivity contribution < 1.29 is 14.8 Å². The molecule has 6 heteroatoms. The minimum absolute atomic E-state index is 0.257. The van der Waals surface area contributed by atoms with E-state index < -0.39 is 10.9 Å². The van der Waals surface area contributed by atoms with E-state index in [9.17, 15) is 14.9 Å². The van der Waals surface area contributed by atoms with E-state index in [1.165, 1.54) is 18.6 Å². The number of carboxylic acid groups (broad SMARTS) is 1. The second-order valence-corrected chi connectivity index (χ2v) is 5.40. The smallest absolute Gasteiger partial charge is 0.342 e. The van der Waals surface area contributed by atoms with Gasteiger partial charge in [0, 0.05) is 24.3 Å². The molecule has 1 unspecified atom stereocenters. The third kappa shape index (κ3) is 3.32. The third-order valence-corrected chi connectivity index (χ3v) is 3.99. The van der Waals surface area contributed by atoms with Gasteiger partial charge in [-0.2, -0.15) is 0 Å². The molecule has 0 radical (unpaired) electrons. The van der Waals surface area contributed by atoms with E-state index in [0.717, 1.165) is 37.9 Å². The number of nitro groups is 1. The van der Waals surface area contributed by atoms with Gasteiger partial charge in [0.1, 0.15) is 5.56 Å². The number of nitro benzene ring substituents is 1. The highest BCUT2D eigenvalue weighted by atomic mass is 16.6. The van der Waals surface area contributed by atoms with E-state index in [1.807, 2.05) is 0 Å². The largest absolute Gasteiger partial charge is 0.477 e. The predicted octanol–water partition coefficient (Wildman–Crippen LogP) is 3.45. The maximum atomic E-state index is 11.1. The van der Waals surface area contributed by atoms with Gasteiger partial charge in [-0.15, -0.1) is 0 Å². The SMILES string of the molecule is CCCC1CCCCN1c1ccc(C(=O)O)c([N+](=O)[O-])c1. The van der Waals surface area contributed by atoms with Crippen LogP contribution < -0.4 is 4.90 Å². The van der Waals surface area contributed by atoms with Crippen LogP contribution >= 0.6 is 0 Å². The first-order valence-corrected chi connectivity index (χ1v) is 7.33. The highest BCUT2D eigenvalue weighted by Crippen LogP contribution is 2.31. The number of rotatable bonds is 5. The Hall–Kier alpha value is -2.11. The number of hydrogen-bond donors (Lipinski definition) is 1. The molecule has 1 aromatic rings. The Morgan fingerprint density at radius 1 is 1.48 bits per heavy atom. The molecule has 0 spiro atoms. The molecule has 1 saturated heterocycles. The number of carbonyl (C=O) groups is 1. The summed E-state index contributed by atoms with van der Waals surface area (Å²) in [7, 11) is 0. The Bertz CT molecular complexity index is 542. The van der Waals surface area contributed by atoms with E-state index in [1.54, 1.807) is 6.07 Å². The van der Waals surface area contributed by atoms with Crippen LogP contribution in [0.15, 0.2) is 18.2 Å². The van der Waals surface area contributed by atoms with E-state index >= 15 is 0 Å². The lowest BCUT2D eigenvalue weighted by Crippen LogP contribution is -2.39. The van der Waals surface area contributed by atoms with Crippen LogP contribution in [0.5, 0.6) is 0 Å². The minimum Gasteiger partial charge on any atom is -0.477 e. The van der Waals surface area contributed by atoms with Crippen molar-refractivity contribution in [2.45, 2.75) is 45.1 Å². The molecule has 1 aliphatic rings. The summed E-state index contributed by atoms with van der Waals surface area (Å²) >= 11 is 0. The lowest BCUT2D eigenvalue weighted by atomic mass is 9.97. The topological polar surface area (TPSA) is 83.7 Å². The maximum absolute atomic E-state index is 11.1. The molecule has 0 aromatic heterocycles. The summed E-state index contributed by atoms with van der Waals surface area (Å²) in [6.07, 6.45) is 5.44. The first kappa shape index (κ1) is 15.3. The summed E-state index contributed by atoms with van der Waals surface area (Å²) in [4.78, 5) is 23.7. The first-order valence-electron chi connectivity index (χ1n) is 7.33. The van der Waals surface area contributed by atoms with Crippen LogP contribution in [0, 0.1) is 10.1 Å². The molecule has 1 heterocycles. The van der Waals surface area contributed by atoms with Crippen molar-refractivity contribution in [3.05, 3.63) is 33.9 Å². The van der Waals surface area contributed by atoms with Crippen molar-refractivity contribution in [3.63, 3.8) is 0 Å². The summed E-state index contributed by atoms with van der Waals surface area (Å²) in [6, 6.07) is 4.81. The molecule has 1 fully saturated rings. The second kappa shape index (κ2) is 6.56. The average Bonchev–Trinajstić information content (AvgIpc) is 2.47. The molecular weight excluding hydrogens is 272 g/mol.